The van der Waals surface area contributed by atoms with Crippen molar-refractivity contribution in [2.24, 2.45) is 5.84 Å². The molecule has 0 saturated carbocycles. The molecule has 20 heavy (non-hydrogen) atoms. The van der Waals surface area contributed by atoms with Crippen molar-refractivity contribution in [1.82, 2.24) is 9.97 Å². The molecule has 0 radical (unpaired) electrons. The first-order chi connectivity index (χ1) is 9.62. The van der Waals surface area contributed by atoms with Crippen LogP contribution in [0.4, 0.5) is 5.82 Å². The number of nitrogens with zero attached hydrogens (tertiary/aromatic N) is 2. The summed E-state index contributed by atoms with van der Waals surface area (Å²) in [6, 6.07) is 8.17. The molecule has 5 heteroatoms. The van der Waals surface area contributed by atoms with Crippen molar-refractivity contribution >= 4 is 5.82 Å². The predicted octanol–water partition coefficient (Wildman–Crippen LogP) is 2.12. The van der Waals surface area contributed by atoms with Crippen LogP contribution in [0.2, 0.25) is 0 Å². The molecule has 0 fully saturated rings. The lowest BCUT2D eigenvalue weighted by molar-refractivity contribution is 0.181. The summed E-state index contributed by atoms with van der Waals surface area (Å²) >= 11 is 0. The fourth-order valence-corrected chi connectivity index (χ4v) is 2.02. The molecule has 3 N–H and O–H groups in total. The van der Waals surface area contributed by atoms with Gasteiger partial charge in [0.15, 0.2) is 0 Å². The number of ether oxygens (including phenoxy) is 1. The van der Waals surface area contributed by atoms with Crippen LogP contribution in [0, 0.1) is 13.8 Å². The molecular weight excluding hydrogens is 252 g/mol. The molecule has 0 aliphatic rings. The minimum atomic E-state index is 0.442. The first-order valence-corrected chi connectivity index (χ1v) is 6.51. The second kappa shape index (κ2) is 6.45. The fourth-order valence-electron chi connectivity index (χ4n) is 2.02. The molecule has 1 aromatic carbocycles. The number of nitrogen functional groups attached to an aromatic ring is 1. The predicted molar refractivity (Wildman–Crippen MR) is 79.3 cm³/mol. The summed E-state index contributed by atoms with van der Waals surface area (Å²) in [5, 5.41) is 0. The Kier molecular flexibility index (Phi) is 4.65. The molecule has 106 valence electrons. The maximum Gasteiger partial charge on any atom is 0.144 e. The molecular formula is C15H20N4O. The molecule has 0 amide bonds. The van der Waals surface area contributed by atoms with Crippen molar-refractivity contribution in [3.05, 3.63) is 52.5 Å². The van der Waals surface area contributed by atoms with Crippen LogP contribution in [0.3, 0.4) is 0 Å². The molecule has 5 nitrogen and oxygen atoms in total. The number of benzene rings is 1. The Morgan fingerprint density at radius 1 is 1.15 bits per heavy atom. The average molecular weight is 272 g/mol. The van der Waals surface area contributed by atoms with Crippen LogP contribution in [-0.4, -0.2) is 17.1 Å². The van der Waals surface area contributed by atoms with Gasteiger partial charge in [-0.2, -0.15) is 0 Å². The lowest BCUT2D eigenvalue weighted by Crippen LogP contribution is -2.12. The molecule has 0 aliphatic carbocycles. The van der Waals surface area contributed by atoms with E-state index in [-0.39, 0.29) is 0 Å². The minimum Gasteiger partial charge on any atom is -0.378 e. The van der Waals surface area contributed by atoms with Gasteiger partial charge in [-0.1, -0.05) is 18.2 Å². The van der Waals surface area contributed by atoms with Gasteiger partial charge in [0.1, 0.15) is 11.6 Å². The van der Waals surface area contributed by atoms with Gasteiger partial charge in [-0.25, -0.2) is 15.8 Å². The van der Waals surface area contributed by atoms with E-state index < -0.39 is 0 Å². The second-order valence-corrected chi connectivity index (χ2v) is 4.83. The van der Waals surface area contributed by atoms with Crippen LogP contribution in [0.25, 0.3) is 0 Å². The van der Waals surface area contributed by atoms with Crippen molar-refractivity contribution in [2.75, 3.05) is 12.5 Å². The normalized spacial score (nSPS) is 10.6. The summed E-state index contributed by atoms with van der Waals surface area (Å²) in [6.07, 6.45) is 0.674. The van der Waals surface area contributed by atoms with E-state index in [1.54, 1.807) is 13.2 Å². The lowest BCUT2D eigenvalue weighted by Gasteiger charge is -2.08. The maximum absolute atomic E-state index is 5.44. The fraction of sp³-hybridized carbons (Fsp3) is 0.333. The highest BCUT2D eigenvalue weighted by molar-refractivity contribution is 5.36. The molecule has 1 heterocycles. The van der Waals surface area contributed by atoms with Crippen LogP contribution >= 0.6 is 0 Å². The Hall–Kier alpha value is -1.98. The molecule has 0 bridgehead atoms. The number of nitrogens with two attached hydrogens (primary N) is 1. The smallest absolute Gasteiger partial charge is 0.144 e. The molecule has 0 spiro atoms. The van der Waals surface area contributed by atoms with Crippen LogP contribution in [0.1, 0.15) is 28.2 Å². The van der Waals surface area contributed by atoms with E-state index in [0.717, 1.165) is 11.5 Å². The third kappa shape index (κ3) is 3.53. The van der Waals surface area contributed by atoms with Gasteiger partial charge in [-0.05, 0) is 30.5 Å². The summed E-state index contributed by atoms with van der Waals surface area (Å²) in [5.74, 6) is 6.77. The molecule has 2 rings (SSSR count). The van der Waals surface area contributed by atoms with E-state index in [9.17, 15) is 0 Å². The number of hydrazine groups is 1. The number of hydrogen-bond donors (Lipinski definition) is 2. The molecule has 2 aromatic rings. The van der Waals surface area contributed by atoms with Gasteiger partial charge in [-0.15, -0.1) is 0 Å². The van der Waals surface area contributed by atoms with Gasteiger partial charge in [0, 0.05) is 19.6 Å². The topological polar surface area (TPSA) is 73.1 Å². The zero-order valence-electron chi connectivity index (χ0n) is 12.1. The molecule has 0 aliphatic heterocycles. The maximum atomic E-state index is 5.44. The SMILES string of the molecule is COCc1cc(NN)nc(Cc2ccc(C)c(C)c2)n1. The number of aryl methyl sites for hydroxylation is 2. The van der Waals surface area contributed by atoms with E-state index in [4.69, 9.17) is 10.6 Å². The third-order valence-electron chi connectivity index (χ3n) is 3.20. The van der Waals surface area contributed by atoms with Gasteiger partial charge < -0.3 is 10.2 Å². The number of rotatable bonds is 5. The van der Waals surface area contributed by atoms with E-state index >= 15 is 0 Å². The number of hydrogen-bond acceptors (Lipinski definition) is 5. The van der Waals surface area contributed by atoms with Crippen LogP contribution in [0.5, 0.6) is 0 Å². The Balaban J connectivity index is 2.27. The van der Waals surface area contributed by atoms with Crippen molar-refractivity contribution in [3.8, 4) is 0 Å². The van der Waals surface area contributed by atoms with Crippen molar-refractivity contribution in [2.45, 2.75) is 26.9 Å². The first kappa shape index (κ1) is 14.4. The quantitative estimate of drug-likeness (QED) is 0.644. The summed E-state index contributed by atoms with van der Waals surface area (Å²) in [4.78, 5) is 8.87. The molecule has 0 saturated heterocycles. The summed E-state index contributed by atoms with van der Waals surface area (Å²) in [5.41, 5.74) is 7.12. The van der Waals surface area contributed by atoms with Crippen LogP contribution in [0.15, 0.2) is 24.3 Å². The summed E-state index contributed by atoms with van der Waals surface area (Å²) in [6.45, 7) is 4.65. The Bertz CT molecular complexity index is 598. The first-order valence-electron chi connectivity index (χ1n) is 6.51. The Morgan fingerprint density at radius 2 is 1.95 bits per heavy atom. The Labute approximate surface area is 119 Å². The Morgan fingerprint density at radius 3 is 2.60 bits per heavy atom. The van der Waals surface area contributed by atoms with E-state index in [0.29, 0.717) is 18.8 Å². The number of anilines is 1. The summed E-state index contributed by atoms with van der Waals surface area (Å²) in [7, 11) is 1.64. The average Bonchev–Trinajstić information content (AvgIpc) is 2.43. The minimum absolute atomic E-state index is 0.442. The molecule has 0 unspecified atom stereocenters. The zero-order valence-corrected chi connectivity index (χ0v) is 12.1. The van der Waals surface area contributed by atoms with E-state index in [1.807, 2.05) is 0 Å². The van der Waals surface area contributed by atoms with Crippen molar-refractivity contribution in [3.63, 3.8) is 0 Å². The highest BCUT2D eigenvalue weighted by Gasteiger charge is 2.06. The number of methoxy groups -OCH3 is 1. The summed E-state index contributed by atoms with van der Waals surface area (Å²) < 4.78 is 5.11. The number of nitrogens with one attached hydrogen (secondary N) is 1. The van der Waals surface area contributed by atoms with Gasteiger partial charge in [-0.3, -0.25) is 0 Å². The molecule has 1 aromatic heterocycles. The van der Waals surface area contributed by atoms with E-state index in [2.05, 4.69) is 47.4 Å². The highest BCUT2D eigenvalue weighted by Crippen LogP contribution is 2.14. The van der Waals surface area contributed by atoms with Crippen molar-refractivity contribution < 1.29 is 4.74 Å². The third-order valence-corrected chi connectivity index (χ3v) is 3.20. The number of aromatic nitrogens is 2. The zero-order chi connectivity index (χ0) is 14.5. The monoisotopic (exact) mass is 272 g/mol. The van der Waals surface area contributed by atoms with E-state index in [1.165, 1.54) is 16.7 Å². The lowest BCUT2D eigenvalue weighted by atomic mass is 10.0. The van der Waals surface area contributed by atoms with Gasteiger partial charge in [0.25, 0.3) is 0 Å². The highest BCUT2D eigenvalue weighted by atomic mass is 16.5. The molecule has 0 atom stereocenters. The standard InChI is InChI=1S/C15H20N4O/c1-10-4-5-12(6-11(10)2)7-14-17-13(9-20-3)8-15(18-14)19-16/h4-6,8H,7,9,16H2,1-3H3,(H,17,18,19). The van der Waals surface area contributed by atoms with Gasteiger partial charge in [0.2, 0.25) is 0 Å². The second-order valence-electron chi connectivity index (χ2n) is 4.83. The van der Waals surface area contributed by atoms with Crippen molar-refractivity contribution in [1.29, 1.82) is 0 Å². The van der Waals surface area contributed by atoms with Crippen LogP contribution < -0.4 is 11.3 Å². The van der Waals surface area contributed by atoms with Crippen LogP contribution in [-0.2, 0) is 17.8 Å². The largest absolute Gasteiger partial charge is 0.378 e. The van der Waals surface area contributed by atoms with Gasteiger partial charge in [0.05, 0.1) is 12.3 Å². The van der Waals surface area contributed by atoms with Gasteiger partial charge >= 0.3 is 0 Å².